The molecule has 0 saturated heterocycles. The Labute approximate surface area is 70.4 Å². The van der Waals surface area contributed by atoms with Crippen molar-refractivity contribution in [2.45, 2.75) is 18.8 Å². The third kappa shape index (κ3) is 0.902. The van der Waals surface area contributed by atoms with E-state index in [1.165, 1.54) is 6.07 Å². The highest BCUT2D eigenvalue weighted by Crippen LogP contribution is 2.33. The predicted molar refractivity (Wildman–Crippen MR) is 43.1 cm³/mol. The fourth-order valence-corrected chi connectivity index (χ4v) is 1.74. The molecule has 0 radical (unpaired) electrons. The standard InChI is InChI=1S/C10H8FN/c11-10-3-1-2-8-7(6-12)4-5-9(8)10/h1-3,7H,4-5H2. The molecule has 2 rings (SSSR count). The first kappa shape index (κ1) is 7.30. The largest absolute Gasteiger partial charge is 0.207 e. The van der Waals surface area contributed by atoms with Crippen molar-refractivity contribution in [3.8, 4) is 6.07 Å². The average Bonchev–Trinajstić information content (AvgIpc) is 2.49. The monoisotopic (exact) mass is 161 g/mol. The Kier molecular flexibility index (Phi) is 1.58. The van der Waals surface area contributed by atoms with Gasteiger partial charge in [-0.1, -0.05) is 12.1 Å². The van der Waals surface area contributed by atoms with Gasteiger partial charge < -0.3 is 0 Å². The number of rotatable bonds is 0. The maximum absolute atomic E-state index is 13.1. The van der Waals surface area contributed by atoms with E-state index in [1.807, 2.05) is 6.07 Å². The Morgan fingerprint density at radius 2 is 2.33 bits per heavy atom. The van der Waals surface area contributed by atoms with Crippen molar-refractivity contribution in [3.05, 3.63) is 35.1 Å². The summed E-state index contributed by atoms with van der Waals surface area (Å²) in [5, 5.41) is 8.73. The summed E-state index contributed by atoms with van der Waals surface area (Å²) in [6, 6.07) is 7.15. The maximum atomic E-state index is 13.1. The van der Waals surface area contributed by atoms with Gasteiger partial charge in [-0.15, -0.1) is 0 Å². The van der Waals surface area contributed by atoms with Crippen molar-refractivity contribution >= 4 is 0 Å². The second-order valence-electron chi connectivity index (χ2n) is 3.03. The van der Waals surface area contributed by atoms with Gasteiger partial charge in [0.05, 0.1) is 12.0 Å². The van der Waals surface area contributed by atoms with Crippen LogP contribution in [0.3, 0.4) is 0 Å². The molecular weight excluding hydrogens is 153 g/mol. The number of hydrogen-bond donors (Lipinski definition) is 0. The minimum atomic E-state index is -0.162. The van der Waals surface area contributed by atoms with E-state index in [0.29, 0.717) is 6.42 Å². The van der Waals surface area contributed by atoms with Crippen LogP contribution in [0.4, 0.5) is 4.39 Å². The van der Waals surface area contributed by atoms with Crippen molar-refractivity contribution < 1.29 is 4.39 Å². The molecular formula is C10H8FN. The van der Waals surface area contributed by atoms with Crippen LogP contribution in [0.25, 0.3) is 0 Å². The number of nitrogens with zero attached hydrogens (tertiary/aromatic N) is 1. The molecule has 0 saturated carbocycles. The van der Waals surface area contributed by atoms with Crippen LogP contribution in [0.2, 0.25) is 0 Å². The van der Waals surface area contributed by atoms with Gasteiger partial charge in [-0.25, -0.2) is 4.39 Å². The van der Waals surface area contributed by atoms with E-state index in [0.717, 1.165) is 17.5 Å². The van der Waals surface area contributed by atoms with Crippen LogP contribution in [-0.4, -0.2) is 0 Å². The highest BCUT2D eigenvalue weighted by molar-refractivity contribution is 5.39. The first-order valence-corrected chi connectivity index (χ1v) is 4.00. The average molecular weight is 161 g/mol. The lowest BCUT2D eigenvalue weighted by molar-refractivity contribution is 0.612. The molecule has 12 heavy (non-hydrogen) atoms. The van der Waals surface area contributed by atoms with E-state index < -0.39 is 0 Å². The third-order valence-corrected chi connectivity index (χ3v) is 2.37. The summed E-state index contributed by atoms with van der Waals surface area (Å²) in [5.74, 6) is -0.249. The van der Waals surface area contributed by atoms with Crippen molar-refractivity contribution in [3.63, 3.8) is 0 Å². The molecule has 60 valence electrons. The summed E-state index contributed by atoms with van der Waals surface area (Å²) in [4.78, 5) is 0. The Morgan fingerprint density at radius 3 is 3.08 bits per heavy atom. The van der Waals surface area contributed by atoms with Crippen LogP contribution in [0, 0.1) is 17.1 Å². The molecule has 0 spiro atoms. The highest BCUT2D eigenvalue weighted by Gasteiger charge is 2.23. The molecule has 1 unspecified atom stereocenters. The molecule has 0 fully saturated rings. The van der Waals surface area contributed by atoms with Gasteiger partial charge in [-0.2, -0.15) is 5.26 Å². The van der Waals surface area contributed by atoms with Crippen LogP contribution < -0.4 is 0 Å². The summed E-state index contributed by atoms with van der Waals surface area (Å²) < 4.78 is 13.1. The first-order chi connectivity index (χ1) is 5.83. The Hall–Kier alpha value is -1.36. The number of halogens is 1. The number of nitriles is 1. The summed E-state index contributed by atoms with van der Waals surface area (Å²) in [6.45, 7) is 0. The highest BCUT2D eigenvalue weighted by atomic mass is 19.1. The van der Waals surface area contributed by atoms with E-state index in [4.69, 9.17) is 5.26 Å². The van der Waals surface area contributed by atoms with Gasteiger partial charge in [0.2, 0.25) is 0 Å². The normalized spacial score (nSPS) is 20.2. The second-order valence-corrected chi connectivity index (χ2v) is 3.03. The Balaban J connectivity index is 2.55. The molecule has 0 aliphatic heterocycles. The summed E-state index contributed by atoms with van der Waals surface area (Å²) in [7, 11) is 0. The fraction of sp³-hybridized carbons (Fsp3) is 0.300. The number of hydrogen-bond acceptors (Lipinski definition) is 1. The molecule has 1 aliphatic carbocycles. The minimum Gasteiger partial charge on any atom is -0.207 e. The summed E-state index contributed by atoms with van der Waals surface area (Å²) in [6.07, 6.45) is 1.48. The van der Waals surface area contributed by atoms with Gasteiger partial charge in [0.25, 0.3) is 0 Å². The smallest absolute Gasteiger partial charge is 0.126 e. The first-order valence-electron chi connectivity index (χ1n) is 4.00. The SMILES string of the molecule is N#CC1CCc2c(F)cccc21. The molecule has 0 N–H and O–H groups in total. The van der Waals surface area contributed by atoms with Crippen LogP contribution in [0.15, 0.2) is 18.2 Å². The maximum Gasteiger partial charge on any atom is 0.126 e. The summed E-state index contributed by atoms with van der Waals surface area (Å²) in [5.41, 5.74) is 1.63. The van der Waals surface area contributed by atoms with Crippen LogP contribution in [-0.2, 0) is 6.42 Å². The summed E-state index contributed by atoms with van der Waals surface area (Å²) >= 11 is 0. The number of fused-ring (bicyclic) bond motifs is 1. The minimum absolute atomic E-state index is 0.0873. The van der Waals surface area contributed by atoms with E-state index in [1.54, 1.807) is 6.07 Å². The molecule has 1 nitrogen and oxygen atoms in total. The Bertz CT molecular complexity index is 351. The van der Waals surface area contributed by atoms with Gasteiger partial charge in [-0.05, 0) is 30.0 Å². The third-order valence-electron chi connectivity index (χ3n) is 2.37. The molecule has 1 aromatic rings. The van der Waals surface area contributed by atoms with E-state index in [9.17, 15) is 4.39 Å². The van der Waals surface area contributed by atoms with Crippen molar-refractivity contribution in [1.29, 1.82) is 5.26 Å². The molecule has 2 heteroatoms. The zero-order chi connectivity index (χ0) is 8.55. The molecule has 1 aliphatic rings. The van der Waals surface area contributed by atoms with E-state index >= 15 is 0 Å². The molecule has 0 heterocycles. The van der Waals surface area contributed by atoms with E-state index in [2.05, 4.69) is 6.07 Å². The zero-order valence-electron chi connectivity index (χ0n) is 6.55. The quantitative estimate of drug-likeness (QED) is 0.573. The van der Waals surface area contributed by atoms with Crippen LogP contribution >= 0.6 is 0 Å². The Morgan fingerprint density at radius 1 is 1.50 bits per heavy atom. The van der Waals surface area contributed by atoms with Gasteiger partial charge in [-0.3, -0.25) is 0 Å². The lowest BCUT2D eigenvalue weighted by Crippen LogP contribution is -1.90. The second kappa shape index (κ2) is 2.60. The van der Waals surface area contributed by atoms with Gasteiger partial charge >= 0.3 is 0 Å². The lowest BCUT2D eigenvalue weighted by Gasteiger charge is -2.00. The van der Waals surface area contributed by atoms with Gasteiger partial charge in [0, 0.05) is 0 Å². The fourth-order valence-electron chi connectivity index (χ4n) is 1.74. The molecule has 1 atom stereocenters. The lowest BCUT2D eigenvalue weighted by atomic mass is 10.0. The number of benzene rings is 1. The molecule has 0 amide bonds. The topological polar surface area (TPSA) is 23.8 Å². The van der Waals surface area contributed by atoms with Crippen molar-refractivity contribution in [2.75, 3.05) is 0 Å². The van der Waals surface area contributed by atoms with Crippen molar-refractivity contribution in [2.24, 2.45) is 0 Å². The van der Waals surface area contributed by atoms with E-state index in [-0.39, 0.29) is 11.7 Å². The molecule has 0 bridgehead atoms. The van der Waals surface area contributed by atoms with Crippen LogP contribution in [0.1, 0.15) is 23.5 Å². The predicted octanol–water partition coefficient (Wildman–Crippen LogP) is 2.38. The van der Waals surface area contributed by atoms with Gasteiger partial charge in [0.1, 0.15) is 5.82 Å². The zero-order valence-corrected chi connectivity index (χ0v) is 6.55. The molecule has 0 aromatic heterocycles. The van der Waals surface area contributed by atoms with Crippen LogP contribution in [0.5, 0.6) is 0 Å². The molecule has 1 aromatic carbocycles. The van der Waals surface area contributed by atoms with Gasteiger partial charge in [0.15, 0.2) is 0 Å². The van der Waals surface area contributed by atoms with Crippen molar-refractivity contribution in [1.82, 2.24) is 0 Å².